The van der Waals surface area contributed by atoms with Gasteiger partial charge >= 0.3 is 0 Å². The lowest BCUT2D eigenvalue weighted by atomic mass is 10.1. The average molecular weight is 262 g/mol. The Hall–Kier alpha value is -1.42. The van der Waals surface area contributed by atoms with Gasteiger partial charge in [-0.2, -0.15) is 0 Å². The van der Waals surface area contributed by atoms with E-state index in [1.165, 1.54) is 31.5 Å². The van der Waals surface area contributed by atoms with Gasteiger partial charge in [0, 0.05) is 31.4 Å². The second-order valence-corrected chi connectivity index (χ2v) is 5.33. The van der Waals surface area contributed by atoms with Gasteiger partial charge in [-0.25, -0.2) is 0 Å². The van der Waals surface area contributed by atoms with E-state index in [1.807, 2.05) is 6.07 Å². The van der Waals surface area contributed by atoms with Crippen LogP contribution in [0.15, 0.2) is 18.2 Å². The molecule has 1 atom stereocenters. The van der Waals surface area contributed by atoms with Crippen LogP contribution >= 0.6 is 0 Å². The summed E-state index contributed by atoms with van der Waals surface area (Å²) in [5, 5.41) is 3.54. The van der Waals surface area contributed by atoms with Crippen LogP contribution in [0.3, 0.4) is 0 Å². The van der Waals surface area contributed by atoms with E-state index >= 15 is 0 Å². The minimum atomic E-state index is 0.645. The van der Waals surface area contributed by atoms with Crippen molar-refractivity contribution in [2.45, 2.75) is 25.3 Å². The molecule has 1 fully saturated rings. The minimum Gasteiger partial charge on any atom is -0.486 e. The quantitative estimate of drug-likeness (QED) is 0.900. The van der Waals surface area contributed by atoms with E-state index < -0.39 is 0 Å². The lowest BCUT2D eigenvalue weighted by Crippen LogP contribution is -2.28. The van der Waals surface area contributed by atoms with Crippen LogP contribution in [0.2, 0.25) is 0 Å². The van der Waals surface area contributed by atoms with Crippen molar-refractivity contribution in [1.29, 1.82) is 0 Å². The molecule has 1 unspecified atom stereocenters. The maximum atomic E-state index is 5.63. The smallest absolute Gasteiger partial charge is 0.163 e. The van der Waals surface area contributed by atoms with Gasteiger partial charge in [-0.3, -0.25) is 0 Å². The third-order valence-electron chi connectivity index (χ3n) is 3.94. The molecule has 104 valence electrons. The maximum absolute atomic E-state index is 5.63. The fourth-order valence-electron chi connectivity index (χ4n) is 2.75. The molecule has 1 N–H and O–H groups in total. The number of benzene rings is 1. The molecule has 2 heterocycles. The topological polar surface area (TPSA) is 33.7 Å². The number of ether oxygens (including phenoxy) is 2. The van der Waals surface area contributed by atoms with Crippen LogP contribution in [0.5, 0.6) is 11.5 Å². The van der Waals surface area contributed by atoms with Crippen LogP contribution in [-0.4, -0.2) is 39.4 Å². The van der Waals surface area contributed by atoms with Crippen molar-refractivity contribution in [3.8, 4) is 11.5 Å². The van der Waals surface area contributed by atoms with E-state index in [-0.39, 0.29) is 0 Å². The molecule has 0 saturated carbocycles. The summed E-state index contributed by atoms with van der Waals surface area (Å²) in [7, 11) is 2.14. The molecular formula is C15H22N2O2. The lowest BCUT2D eigenvalue weighted by Gasteiger charge is -2.24. The second kappa shape index (κ2) is 5.70. The Morgan fingerprint density at radius 1 is 1.26 bits per heavy atom. The molecule has 2 aliphatic heterocycles. The summed E-state index contributed by atoms with van der Waals surface area (Å²) in [6.07, 6.45) is 3.83. The Balaban J connectivity index is 1.60. The zero-order valence-electron chi connectivity index (χ0n) is 11.5. The number of rotatable bonds is 4. The van der Waals surface area contributed by atoms with Gasteiger partial charge in [0.05, 0.1) is 0 Å². The molecule has 0 amide bonds. The van der Waals surface area contributed by atoms with Crippen molar-refractivity contribution >= 4 is 5.69 Å². The number of fused-ring (bicyclic) bond motifs is 1. The van der Waals surface area contributed by atoms with Crippen molar-refractivity contribution in [3.05, 3.63) is 18.2 Å². The first kappa shape index (κ1) is 12.6. The Morgan fingerprint density at radius 3 is 2.89 bits per heavy atom. The van der Waals surface area contributed by atoms with Gasteiger partial charge in [-0.05, 0) is 37.9 Å². The van der Waals surface area contributed by atoms with E-state index in [2.05, 4.69) is 29.4 Å². The van der Waals surface area contributed by atoms with Gasteiger partial charge in [0.2, 0.25) is 0 Å². The fraction of sp³-hybridized carbons (Fsp3) is 0.600. The third-order valence-corrected chi connectivity index (χ3v) is 3.94. The molecule has 0 radical (unpaired) electrons. The van der Waals surface area contributed by atoms with Gasteiger partial charge in [0.1, 0.15) is 13.2 Å². The summed E-state index contributed by atoms with van der Waals surface area (Å²) in [5.41, 5.74) is 1.20. The van der Waals surface area contributed by atoms with Crippen LogP contribution in [-0.2, 0) is 0 Å². The predicted molar refractivity (Wildman–Crippen MR) is 76.3 cm³/mol. The number of nitrogens with one attached hydrogen (secondary N) is 1. The van der Waals surface area contributed by atoms with Gasteiger partial charge in [-0.1, -0.05) is 0 Å². The summed E-state index contributed by atoms with van der Waals surface area (Å²) < 4.78 is 11.2. The Morgan fingerprint density at radius 2 is 2.11 bits per heavy atom. The Kier molecular flexibility index (Phi) is 3.78. The maximum Gasteiger partial charge on any atom is 0.163 e. The zero-order valence-corrected chi connectivity index (χ0v) is 11.5. The Bertz CT molecular complexity index is 430. The first-order chi connectivity index (χ1) is 9.33. The molecule has 1 saturated heterocycles. The number of anilines is 1. The van der Waals surface area contributed by atoms with E-state index in [0.29, 0.717) is 19.3 Å². The molecule has 4 heteroatoms. The molecule has 0 bridgehead atoms. The third kappa shape index (κ3) is 2.95. The molecule has 1 aromatic rings. The zero-order chi connectivity index (χ0) is 13.1. The molecule has 1 aromatic carbocycles. The molecule has 2 aliphatic rings. The highest BCUT2D eigenvalue weighted by Crippen LogP contribution is 2.33. The Labute approximate surface area is 114 Å². The van der Waals surface area contributed by atoms with Gasteiger partial charge < -0.3 is 19.7 Å². The molecule has 0 spiro atoms. The highest BCUT2D eigenvalue weighted by molar-refractivity contribution is 5.56. The first-order valence-corrected chi connectivity index (χ1v) is 7.17. The van der Waals surface area contributed by atoms with E-state index in [4.69, 9.17) is 9.47 Å². The molecule has 0 aliphatic carbocycles. The standard InChI is InChI=1S/C15H22N2O2/c1-17(8-6-12-3-2-7-16-12)13-4-5-14-15(11-13)19-10-9-18-14/h4-5,11-12,16H,2-3,6-10H2,1H3. The second-order valence-electron chi connectivity index (χ2n) is 5.33. The number of nitrogens with zero attached hydrogens (tertiary/aromatic N) is 1. The van der Waals surface area contributed by atoms with Gasteiger partial charge in [-0.15, -0.1) is 0 Å². The van der Waals surface area contributed by atoms with Gasteiger partial charge in [0.25, 0.3) is 0 Å². The van der Waals surface area contributed by atoms with Crippen LogP contribution in [0.1, 0.15) is 19.3 Å². The number of hydrogen-bond donors (Lipinski definition) is 1. The first-order valence-electron chi connectivity index (χ1n) is 7.17. The molecule has 3 rings (SSSR count). The number of hydrogen-bond acceptors (Lipinski definition) is 4. The van der Waals surface area contributed by atoms with Crippen LogP contribution in [0.25, 0.3) is 0 Å². The summed E-state index contributed by atoms with van der Waals surface area (Å²) in [6, 6.07) is 6.89. The molecule has 19 heavy (non-hydrogen) atoms. The van der Waals surface area contributed by atoms with E-state index in [1.54, 1.807) is 0 Å². The summed E-state index contributed by atoms with van der Waals surface area (Å²) in [5.74, 6) is 1.73. The van der Waals surface area contributed by atoms with Crippen LogP contribution < -0.4 is 19.7 Å². The van der Waals surface area contributed by atoms with Crippen molar-refractivity contribution in [2.75, 3.05) is 38.3 Å². The molecular weight excluding hydrogens is 240 g/mol. The minimum absolute atomic E-state index is 0.645. The normalized spacial score (nSPS) is 21.4. The average Bonchev–Trinajstić information content (AvgIpc) is 2.97. The largest absolute Gasteiger partial charge is 0.486 e. The lowest BCUT2D eigenvalue weighted by molar-refractivity contribution is 0.171. The predicted octanol–water partition coefficient (Wildman–Crippen LogP) is 2.04. The van der Waals surface area contributed by atoms with Crippen LogP contribution in [0.4, 0.5) is 5.69 Å². The van der Waals surface area contributed by atoms with E-state index in [9.17, 15) is 0 Å². The highest BCUT2D eigenvalue weighted by atomic mass is 16.6. The monoisotopic (exact) mass is 262 g/mol. The van der Waals surface area contributed by atoms with Gasteiger partial charge in [0.15, 0.2) is 11.5 Å². The molecule has 0 aromatic heterocycles. The summed E-state index contributed by atoms with van der Waals surface area (Å²) in [4.78, 5) is 2.29. The van der Waals surface area contributed by atoms with Crippen molar-refractivity contribution in [1.82, 2.24) is 5.32 Å². The highest BCUT2D eigenvalue weighted by Gasteiger charge is 2.16. The van der Waals surface area contributed by atoms with E-state index in [0.717, 1.165) is 18.0 Å². The van der Waals surface area contributed by atoms with Crippen molar-refractivity contribution < 1.29 is 9.47 Å². The fourth-order valence-corrected chi connectivity index (χ4v) is 2.75. The SMILES string of the molecule is CN(CCC1CCCN1)c1ccc2c(c1)OCCO2. The van der Waals surface area contributed by atoms with Crippen molar-refractivity contribution in [3.63, 3.8) is 0 Å². The van der Waals surface area contributed by atoms with Crippen LogP contribution in [0, 0.1) is 0 Å². The summed E-state index contributed by atoms with van der Waals surface area (Å²) >= 11 is 0. The molecule has 4 nitrogen and oxygen atoms in total. The summed E-state index contributed by atoms with van der Waals surface area (Å²) in [6.45, 7) is 3.54. The van der Waals surface area contributed by atoms with Crippen molar-refractivity contribution in [2.24, 2.45) is 0 Å².